The first-order valence-electron chi connectivity index (χ1n) is 2.94. The van der Waals surface area contributed by atoms with Gasteiger partial charge in [0.1, 0.15) is 5.52 Å². The average Bonchev–Trinajstić information content (AvgIpc) is 2.41. The number of hydrogen-bond donors (Lipinski definition) is 1. The van der Waals surface area contributed by atoms with Gasteiger partial charge in [0.05, 0.1) is 6.26 Å². The molecule has 52 valence electrons. The first-order valence-corrected chi connectivity index (χ1v) is 2.94. The Morgan fingerprint density at radius 2 is 2.50 bits per heavy atom. The fraction of sp³-hybridized carbons (Fsp3) is 0.167. The lowest BCUT2D eigenvalue weighted by atomic mass is 10.6. The van der Waals surface area contributed by atoms with Gasteiger partial charge < -0.3 is 14.7 Å². The summed E-state index contributed by atoms with van der Waals surface area (Å²) in [7, 11) is 1.85. The minimum Gasteiger partial charge on any atom is -0.445 e. The number of anilines is 1. The third-order valence-electron chi connectivity index (χ3n) is 1.55. The molecule has 2 heterocycles. The Bertz CT molecular complexity index is 360. The molecule has 0 spiro atoms. The van der Waals surface area contributed by atoms with Crippen LogP contribution in [-0.4, -0.2) is 9.55 Å². The second kappa shape index (κ2) is 1.53. The number of aryl methyl sites for hydroxylation is 1. The fourth-order valence-corrected chi connectivity index (χ4v) is 0.936. The van der Waals surface area contributed by atoms with Gasteiger partial charge >= 0.3 is 0 Å². The Balaban J connectivity index is 2.95. The van der Waals surface area contributed by atoms with Gasteiger partial charge in [-0.15, -0.1) is 0 Å². The Labute approximate surface area is 57.3 Å². The molecule has 0 atom stereocenters. The normalized spacial score (nSPS) is 10.9. The molecule has 0 aliphatic carbocycles. The Hall–Kier alpha value is -1.45. The molecule has 10 heavy (non-hydrogen) atoms. The molecule has 0 aromatic carbocycles. The van der Waals surface area contributed by atoms with Gasteiger partial charge in [-0.3, -0.25) is 0 Å². The summed E-state index contributed by atoms with van der Waals surface area (Å²) in [5.74, 6) is 0.481. The highest BCUT2D eigenvalue weighted by molar-refractivity contribution is 5.72. The van der Waals surface area contributed by atoms with Crippen molar-refractivity contribution in [3.8, 4) is 0 Å². The smallest absolute Gasteiger partial charge is 0.246 e. The van der Waals surface area contributed by atoms with Gasteiger partial charge in [-0.1, -0.05) is 0 Å². The van der Waals surface area contributed by atoms with Crippen LogP contribution in [0.3, 0.4) is 0 Å². The van der Waals surface area contributed by atoms with E-state index in [1.165, 1.54) is 0 Å². The van der Waals surface area contributed by atoms with E-state index in [1.54, 1.807) is 10.8 Å². The van der Waals surface area contributed by atoms with Gasteiger partial charge in [0.2, 0.25) is 11.7 Å². The summed E-state index contributed by atoms with van der Waals surface area (Å²) in [6, 6.07) is 1.83. The van der Waals surface area contributed by atoms with E-state index in [1.807, 2.05) is 13.1 Å². The summed E-state index contributed by atoms with van der Waals surface area (Å²) in [6.45, 7) is 0. The molecule has 2 aromatic rings. The van der Waals surface area contributed by atoms with E-state index in [9.17, 15) is 0 Å². The molecule has 0 aliphatic heterocycles. The summed E-state index contributed by atoms with van der Waals surface area (Å²) in [5.41, 5.74) is 7.01. The monoisotopic (exact) mass is 137 g/mol. The van der Waals surface area contributed by atoms with Crippen LogP contribution >= 0.6 is 0 Å². The lowest BCUT2D eigenvalue weighted by Crippen LogP contribution is -1.95. The van der Waals surface area contributed by atoms with Crippen LogP contribution in [0.1, 0.15) is 0 Å². The minimum atomic E-state index is 0.481. The molecule has 4 nitrogen and oxygen atoms in total. The second-order valence-electron chi connectivity index (χ2n) is 2.14. The zero-order valence-corrected chi connectivity index (χ0v) is 5.53. The summed E-state index contributed by atoms with van der Waals surface area (Å²) in [4.78, 5) is 3.95. The zero-order chi connectivity index (χ0) is 7.14. The molecule has 2 rings (SSSR count). The van der Waals surface area contributed by atoms with E-state index < -0.39 is 0 Å². The molecule has 0 amide bonds. The molecule has 0 bridgehead atoms. The SMILES string of the molecule is Cn1c(N)nc2occc21. The van der Waals surface area contributed by atoms with Crippen LogP contribution in [0.2, 0.25) is 0 Å². The number of imidazole rings is 1. The Morgan fingerprint density at radius 3 is 3.20 bits per heavy atom. The highest BCUT2D eigenvalue weighted by Gasteiger charge is 2.05. The standard InChI is InChI=1S/C6H7N3O/c1-9-4-2-3-10-5(4)8-6(9)7/h2-3H,1H3,(H2,7,8). The van der Waals surface area contributed by atoms with Crippen LogP contribution in [0.5, 0.6) is 0 Å². The third kappa shape index (κ3) is 0.478. The molecule has 0 fully saturated rings. The van der Waals surface area contributed by atoms with Crippen LogP contribution in [-0.2, 0) is 7.05 Å². The number of nitrogen functional groups attached to an aromatic ring is 1. The summed E-state index contributed by atoms with van der Waals surface area (Å²) < 4.78 is 6.78. The molecule has 0 saturated heterocycles. The van der Waals surface area contributed by atoms with Crippen molar-refractivity contribution in [2.75, 3.05) is 5.73 Å². The van der Waals surface area contributed by atoms with Gasteiger partial charge in [0.15, 0.2) is 0 Å². The molecule has 0 aliphatic rings. The van der Waals surface area contributed by atoms with Crippen molar-refractivity contribution in [3.05, 3.63) is 12.3 Å². The van der Waals surface area contributed by atoms with Crippen molar-refractivity contribution in [3.63, 3.8) is 0 Å². The van der Waals surface area contributed by atoms with E-state index in [0.717, 1.165) is 5.52 Å². The predicted octanol–water partition coefficient (Wildman–Crippen LogP) is 0.749. The van der Waals surface area contributed by atoms with E-state index in [0.29, 0.717) is 11.7 Å². The largest absolute Gasteiger partial charge is 0.445 e. The van der Waals surface area contributed by atoms with Crippen LogP contribution < -0.4 is 5.73 Å². The van der Waals surface area contributed by atoms with Gasteiger partial charge in [0.25, 0.3) is 0 Å². The first kappa shape index (κ1) is 5.34. The maximum atomic E-state index is 5.49. The van der Waals surface area contributed by atoms with E-state index in [4.69, 9.17) is 10.2 Å². The van der Waals surface area contributed by atoms with Crippen molar-refractivity contribution >= 4 is 17.2 Å². The lowest BCUT2D eigenvalue weighted by Gasteiger charge is -1.90. The van der Waals surface area contributed by atoms with Crippen molar-refractivity contribution in [2.24, 2.45) is 7.05 Å². The fourth-order valence-electron chi connectivity index (χ4n) is 0.936. The highest BCUT2D eigenvalue weighted by Crippen LogP contribution is 2.15. The quantitative estimate of drug-likeness (QED) is 0.582. The van der Waals surface area contributed by atoms with E-state index >= 15 is 0 Å². The van der Waals surface area contributed by atoms with Crippen molar-refractivity contribution < 1.29 is 4.42 Å². The molecule has 0 unspecified atom stereocenters. The van der Waals surface area contributed by atoms with Gasteiger partial charge in [-0.2, -0.15) is 4.98 Å². The first-order chi connectivity index (χ1) is 4.79. The lowest BCUT2D eigenvalue weighted by molar-refractivity contribution is 0.605. The van der Waals surface area contributed by atoms with Gasteiger partial charge in [0, 0.05) is 13.1 Å². The van der Waals surface area contributed by atoms with Crippen LogP contribution in [0.15, 0.2) is 16.7 Å². The minimum absolute atomic E-state index is 0.481. The number of nitrogens with two attached hydrogens (primary N) is 1. The van der Waals surface area contributed by atoms with Gasteiger partial charge in [-0.05, 0) is 0 Å². The number of fused-ring (bicyclic) bond motifs is 1. The molecule has 2 N–H and O–H groups in total. The summed E-state index contributed by atoms with van der Waals surface area (Å²) in [5, 5.41) is 0. The summed E-state index contributed by atoms with van der Waals surface area (Å²) in [6.07, 6.45) is 1.59. The topological polar surface area (TPSA) is 57.0 Å². The maximum absolute atomic E-state index is 5.49. The second-order valence-corrected chi connectivity index (χ2v) is 2.14. The van der Waals surface area contributed by atoms with Crippen LogP contribution in [0, 0.1) is 0 Å². The summed E-state index contributed by atoms with van der Waals surface area (Å²) >= 11 is 0. The number of hydrogen-bond acceptors (Lipinski definition) is 3. The van der Waals surface area contributed by atoms with E-state index in [2.05, 4.69) is 4.98 Å². The zero-order valence-electron chi connectivity index (χ0n) is 5.53. The number of aromatic nitrogens is 2. The van der Waals surface area contributed by atoms with Crippen molar-refractivity contribution in [2.45, 2.75) is 0 Å². The molecule has 0 saturated carbocycles. The molecular weight excluding hydrogens is 130 g/mol. The van der Waals surface area contributed by atoms with Crippen molar-refractivity contribution in [1.29, 1.82) is 0 Å². The molecule has 4 heteroatoms. The Morgan fingerprint density at radius 1 is 1.70 bits per heavy atom. The average molecular weight is 137 g/mol. The van der Waals surface area contributed by atoms with Crippen molar-refractivity contribution in [1.82, 2.24) is 9.55 Å². The number of furan rings is 1. The predicted molar refractivity (Wildman–Crippen MR) is 37.4 cm³/mol. The van der Waals surface area contributed by atoms with Gasteiger partial charge in [-0.25, -0.2) is 0 Å². The third-order valence-corrected chi connectivity index (χ3v) is 1.55. The maximum Gasteiger partial charge on any atom is 0.246 e. The van der Waals surface area contributed by atoms with Crippen LogP contribution in [0.4, 0.5) is 5.95 Å². The van der Waals surface area contributed by atoms with E-state index in [-0.39, 0.29) is 0 Å². The molecular formula is C6H7N3O. The number of nitrogens with zero attached hydrogens (tertiary/aromatic N) is 2. The molecule has 0 radical (unpaired) electrons. The Kier molecular flexibility index (Phi) is 0.818. The highest BCUT2D eigenvalue weighted by atomic mass is 16.3. The number of rotatable bonds is 0. The molecule has 2 aromatic heterocycles. The van der Waals surface area contributed by atoms with Crippen LogP contribution in [0.25, 0.3) is 11.2 Å².